The summed E-state index contributed by atoms with van der Waals surface area (Å²) in [7, 11) is -1.13. The fourth-order valence-corrected chi connectivity index (χ4v) is 14.6. The van der Waals surface area contributed by atoms with Crippen molar-refractivity contribution in [2.45, 2.75) is 119 Å². The Morgan fingerprint density at radius 3 is 0.973 bits per heavy atom. The Morgan fingerprint density at radius 2 is 0.757 bits per heavy atom. The van der Waals surface area contributed by atoms with E-state index in [4.69, 9.17) is 0 Å². The van der Waals surface area contributed by atoms with Crippen LogP contribution in [-0.2, 0) is 103 Å². The van der Waals surface area contributed by atoms with E-state index in [1.807, 2.05) is 0 Å². The third-order valence-corrected chi connectivity index (χ3v) is 19.6. The summed E-state index contributed by atoms with van der Waals surface area (Å²) in [5.41, 5.74) is -7.06. The summed E-state index contributed by atoms with van der Waals surface area (Å²) in [6, 6.07) is 0. The van der Waals surface area contributed by atoms with E-state index in [0.29, 0.717) is 11.8 Å². The van der Waals surface area contributed by atoms with E-state index in [-0.39, 0.29) is 58.4 Å². The molecule has 0 heterocycles. The quantitative estimate of drug-likeness (QED) is 0.0829. The third kappa shape index (κ3) is 36.1. The first-order chi connectivity index (χ1) is 15.8. The maximum Gasteiger partial charge on any atom is 2.00 e. The maximum absolute atomic E-state index is 11.5. The second-order valence-electron chi connectivity index (χ2n) is 9.88. The van der Waals surface area contributed by atoms with Gasteiger partial charge in [-0.05, 0) is 47.7 Å². The van der Waals surface area contributed by atoms with Gasteiger partial charge in [0.25, 0.3) is 0 Å². The minimum absolute atomic E-state index is 0. The average Bonchev–Trinajstić information content (AvgIpc) is 2.69. The van der Waals surface area contributed by atoms with E-state index in [2.05, 4.69) is 66.0 Å². The molecule has 2 unspecified atom stereocenters. The molecule has 0 rings (SSSR count). The van der Waals surface area contributed by atoms with E-state index >= 15 is 0 Å². The van der Waals surface area contributed by atoms with Crippen LogP contribution in [0.2, 0.25) is 0 Å². The molecule has 0 aromatic carbocycles. The first-order valence-corrected chi connectivity index (χ1v) is 22.8. The summed E-state index contributed by atoms with van der Waals surface area (Å²) in [5, 5.41) is 0. The van der Waals surface area contributed by atoms with Crippen molar-refractivity contribution in [3.8, 4) is 0 Å². The van der Waals surface area contributed by atoms with Crippen molar-refractivity contribution in [3.63, 3.8) is 0 Å². The van der Waals surface area contributed by atoms with Crippen LogP contribution in [0.5, 0.6) is 0 Å². The standard InChI is InChI=1S/2C12H26O2PS2.3Zn/c2*1-4-5-6-7-8-9-10-17(11-12(2)3)15(13,14)16;;;/h2*12H,4-11H2,1-3H3;;;/q2*-3;3*+2. The summed E-state index contributed by atoms with van der Waals surface area (Å²) >= 11 is 9.31. The van der Waals surface area contributed by atoms with Gasteiger partial charge in [-0.25, -0.2) is 20.1 Å². The number of hydrogen-bond acceptors (Lipinski definition) is 6. The third-order valence-electron chi connectivity index (χ3n) is 5.15. The van der Waals surface area contributed by atoms with Gasteiger partial charge in [0, 0.05) is 0 Å². The van der Waals surface area contributed by atoms with Crippen molar-refractivity contribution in [2.24, 2.45) is 11.8 Å². The van der Waals surface area contributed by atoms with Crippen LogP contribution in [0.15, 0.2) is 0 Å². The molecular formula is C24H52O4P2S4Zn3. The van der Waals surface area contributed by atoms with Gasteiger partial charge in [-0.3, -0.25) is 0 Å². The summed E-state index contributed by atoms with van der Waals surface area (Å²) in [4.78, 5) is 46.0. The summed E-state index contributed by atoms with van der Waals surface area (Å²) in [6.07, 6.45) is 14.4. The van der Waals surface area contributed by atoms with Gasteiger partial charge >= 0.3 is 58.4 Å². The van der Waals surface area contributed by atoms with Crippen molar-refractivity contribution in [3.05, 3.63) is 0 Å². The molecule has 0 saturated heterocycles. The van der Waals surface area contributed by atoms with E-state index < -0.39 is 31.5 Å². The van der Waals surface area contributed by atoms with Crippen LogP contribution in [0.3, 0.4) is 0 Å². The molecule has 0 spiro atoms. The Balaban J connectivity index is -0.000000171. The van der Waals surface area contributed by atoms with E-state index in [1.54, 1.807) is 0 Å². The van der Waals surface area contributed by atoms with Gasteiger partial charge < -0.3 is 55.5 Å². The summed E-state index contributed by atoms with van der Waals surface area (Å²) < 4.78 is 0. The van der Waals surface area contributed by atoms with Crippen molar-refractivity contribution in [1.29, 1.82) is 0 Å². The molecular weight excluding hydrogens is 739 g/mol. The predicted octanol–water partition coefficient (Wildman–Crippen LogP) is 5.13. The van der Waals surface area contributed by atoms with Gasteiger partial charge in [0.05, 0.1) is 0 Å². The normalized spacial score (nSPS) is 13.1. The summed E-state index contributed by atoms with van der Waals surface area (Å²) in [5.74, 6) is 3.91. The molecule has 13 heteroatoms. The largest absolute Gasteiger partial charge is 2.00 e. The molecule has 0 aliphatic rings. The molecule has 0 aliphatic carbocycles. The van der Waals surface area contributed by atoms with E-state index in [0.717, 1.165) is 48.7 Å². The maximum atomic E-state index is 11.5. The second kappa shape index (κ2) is 31.4. The number of unbranched alkanes of at least 4 members (excludes halogenated alkanes) is 10. The van der Waals surface area contributed by atoms with Crippen molar-refractivity contribution >= 4 is 56.0 Å². The Bertz CT molecular complexity index is 548. The Kier molecular flexibility index (Phi) is 42.9. The van der Waals surface area contributed by atoms with Crippen molar-refractivity contribution in [2.75, 3.05) is 23.0 Å². The smallest absolute Gasteiger partial charge is 0.854 e. The zero-order valence-electron chi connectivity index (χ0n) is 24.8. The van der Waals surface area contributed by atoms with Gasteiger partial charge in [-0.1, -0.05) is 106 Å². The average molecular weight is 791 g/mol. The molecule has 37 heavy (non-hydrogen) atoms. The monoisotopic (exact) mass is 786 g/mol. The molecule has 0 fully saturated rings. The molecule has 0 N–H and O–H groups in total. The van der Waals surface area contributed by atoms with Crippen molar-refractivity contribution < 1.29 is 78.0 Å². The van der Waals surface area contributed by atoms with E-state index in [1.165, 1.54) is 51.4 Å². The molecule has 4 nitrogen and oxygen atoms in total. The molecule has 0 radical (unpaired) electrons. The van der Waals surface area contributed by atoms with Crippen LogP contribution in [-0.4, -0.2) is 23.0 Å². The van der Waals surface area contributed by atoms with Crippen LogP contribution >= 0.6 is 11.4 Å². The zero-order chi connectivity index (χ0) is 26.6. The first-order valence-electron chi connectivity index (χ1n) is 13.2. The molecule has 0 amide bonds. The summed E-state index contributed by atoms with van der Waals surface area (Å²) in [6.45, 7) is 12.6. The van der Waals surface area contributed by atoms with Gasteiger partial charge in [0.1, 0.15) is 0 Å². The van der Waals surface area contributed by atoms with Crippen molar-refractivity contribution in [1.82, 2.24) is 0 Å². The minimum atomic E-state index is -3.53. The Hall–Kier alpha value is 3.97. The fraction of sp³-hybridized carbons (Fsp3) is 1.00. The van der Waals surface area contributed by atoms with Crippen LogP contribution < -0.4 is 19.6 Å². The Morgan fingerprint density at radius 1 is 0.514 bits per heavy atom. The molecule has 0 aliphatic heterocycles. The van der Waals surface area contributed by atoms with Crippen LogP contribution in [0.25, 0.3) is 0 Å². The molecule has 2 atom stereocenters. The van der Waals surface area contributed by atoms with Gasteiger partial charge in [-0.2, -0.15) is 0 Å². The van der Waals surface area contributed by atoms with Crippen LogP contribution in [0.4, 0.5) is 0 Å². The molecule has 0 aromatic rings. The molecule has 0 saturated carbocycles. The predicted molar refractivity (Wildman–Crippen MR) is 159 cm³/mol. The van der Waals surface area contributed by atoms with Crippen LogP contribution in [0.1, 0.15) is 119 Å². The second-order valence-corrected chi connectivity index (χ2v) is 25.3. The first kappa shape index (κ1) is 50.6. The number of rotatable bonds is 18. The van der Waals surface area contributed by atoms with Gasteiger partial charge in [0.15, 0.2) is 0 Å². The van der Waals surface area contributed by atoms with Gasteiger partial charge in [-0.15, -0.1) is 0 Å². The molecule has 0 bridgehead atoms. The molecule has 212 valence electrons. The SMILES string of the molecule is CCCCCCCCS(CC(C)C)=P([O-])([O-])[S-].CCCCCCCCS(CC(C)C)=P([O-])([O-])[S-].[Zn+2].[Zn+2].[Zn+2]. The topological polar surface area (TPSA) is 92.2 Å². The zero-order valence-corrected chi connectivity index (χ0v) is 38.7. The van der Waals surface area contributed by atoms with Gasteiger partial charge in [0.2, 0.25) is 0 Å². The van der Waals surface area contributed by atoms with Crippen LogP contribution in [0, 0.1) is 11.8 Å². The Labute approximate surface area is 284 Å². The fourth-order valence-electron chi connectivity index (χ4n) is 3.44. The molecule has 0 aromatic heterocycles. The minimum Gasteiger partial charge on any atom is -0.854 e. The number of hydrogen-bond donors (Lipinski definition) is 0. The van der Waals surface area contributed by atoms with E-state index in [9.17, 15) is 19.6 Å².